The van der Waals surface area contributed by atoms with Gasteiger partial charge < -0.3 is 35.3 Å². The van der Waals surface area contributed by atoms with Crippen molar-refractivity contribution in [2.45, 2.75) is 77.2 Å². The van der Waals surface area contributed by atoms with Crippen molar-refractivity contribution in [1.82, 2.24) is 15.3 Å². The summed E-state index contributed by atoms with van der Waals surface area (Å²) < 4.78 is 5.38. The molecule has 1 fully saturated rings. The van der Waals surface area contributed by atoms with Gasteiger partial charge in [0.2, 0.25) is 0 Å². The lowest BCUT2D eigenvalue weighted by Crippen LogP contribution is -2.42. The van der Waals surface area contributed by atoms with E-state index in [4.69, 9.17) is 14.9 Å². The molecule has 2 aromatic carbocycles. The Bertz CT molecular complexity index is 1310. The van der Waals surface area contributed by atoms with Crippen molar-refractivity contribution in [3.63, 3.8) is 0 Å². The van der Waals surface area contributed by atoms with Crippen LogP contribution in [0.1, 0.15) is 91.8 Å². The summed E-state index contributed by atoms with van der Waals surface area (Å²) in [5, 5.41) is 32.1. The van der Waals surface area contributed by atoms with Crippen molar-refractivity contribution in [2.24, 2.45) is 5.92 Å². The summed E-state index contributed by atoms with van der Waals surface area (Å²) in [6.45, 7) is 5.31. The predicted molar refractivity (Wildman–Crippen MR) is 176 cm³/mol. The summed E-state index contributed by atoms with van der Waals surface area (Å²) in [7, 11) is 0. The second-order valence-corrected chi connectivity index (χ2v) is 11.3. The van der Waals surface area contributed by atoms with Crippen LogP contribution in [-0.2, 0) is 4.74 Å². The second-order valence-electron chi connectivity index (χ2n) is 11.3. The van der Waals surface area contributed by atoms with Crippen LogP contribution in [0.25, 0.3) is 21.8 Å². The molecular weight excluding hydrogens is 558 g/mol. The molecule has 240 valence electrons. The largest absolute Gasteiger partial charge is 0.478 e. The molecule has 0 aliphatic carbocycles. The SMILES string of the molecule is CCCCCCCCCCN[C@H](CO)C1CCOCC1.O=C(O)c1cccc2[nH]ccc12.O=C(O)c1cccc2[nH]ccc12. The lowest BCUT2D eigenvalue weighted by atomic mass is 9.92. The van der Waals surface area contributed by atoms with Gasteiger partial charge in [0.05, 0.1) is 17.7 Å². The number of fused-ring (bicyclic) bond motifs is 2. The molecule has 0 bridgehead atoms. The fourth-order valence-electron chi connectivity index (χ4n) is 5.59. The van der Waals surface area contributed by atoms with E-state index in [0.717, 1.165) is 54.4 Å². The van der Waals surface area contributed by atoms with E-state index in [1.54, 1.807) is 48.8 Å². The van der Waals surface area contributed by atoms with Crippen LogP contribution in [-0.4, -0.2) is 69.6 Å². The topological polar surface area (TPSA) is 148 Å². The van der Waals surface area contributed by atoms with Gasteiger partial charge in [0.25, 0.3) is 0 Å². The number of hydrogen-bond donors (Lipinski definition) is 6. The number of ether oxygens (including phenoxy) is 1. The zero-order valence-electron chi connectivity index (χ0n) is 25.9. The molecule has 9 nitrogen and oxygen atoms in total. The molecule has 44 heavy (non-hydrogen) atoms. The van der Waals surface area contributed by atoms with Gasteiger partial charge in [0.15, 0.2) is 0 Å². The lowest BCUT2D eigenvalue weighted by molar-refractivity contribution is 0.0438. The summed E-state index contributed by atoms with van der Waals surface area (Å²) in [5.41, 5.74) is 2.40. The first-order chi connectivity index (χ1) is 21.5. The van der Waals surface area contributed by atoms with Crippen molar-refractivity contribution in [1.29, 1.82) is 0 Å². The third-order valence-electron chi connectivity index (χ3n) is 8.12. The van der Waals surface area contributed by atoms with Crippen LogP contribution in [0.2, 0.25) is 0 Å². The van der Waals surface area contributed by atoms with E-state index in [2.05, 4.69) is 22.2 Å². The number of carbonyl (C=O) groups is 2. The quantitative estimate of drug-likeness (QED) is 0.0828. The Morgan fingerprint density at radius 3 is 1.77 bits per heavy atom. The van der Waals surface area contributed by atoms with Gasteiger partial charge >= 0.3 is 11.9 Å². The van der Waals surface area contributed by atoms with Crippen molar-refractivity contribution in [2.75, 3.05) is 26.4 Å². The molecule has 9 heteroatoms. The standard InChI is InChI=1S/C17H35NO2.2C9H7NO2/c1-2-3-4-5-6-7-8-9-12-18-17(15-19)16-10-13-20-14-11-16;2*11-9(12)7-2-1-3-8-6(7)4-5-10-8/h16-19H,2-15H2,1H3;2*1-5,10H,(H,11,12)/t17-;;/m1../s1. The number of benzene rings is 2. The molecule has 0 unspecified atom stereocenters. The molecule has 0 amide bonds. The maximum absolute atomic E-state index is 10.7. The average molecular weight is 608 g/mol. The van der Waals surface area contributed by atoms with E-state index < -0.39 is 11.9 Å². The first kappa shape index (κ1) is 34.8. The molecule has 3 heterocycles. The highest BCUT2D eigenvalue weighted by Crippen LogP contribution is 2.19. The van der Waals surface area contributed by atoms with Gasteiger partial charge in [-0.3, -0.25) is 0 Å². The van der Waals surface area contributed by atoms with E-state index in [0.29, 0.717) is 17.0 Å². The van der Waals surface area contributed by atoms with Crippen molar-refractivity contribution >= 4 is 33.7 Å². The van der Waals surface area contributed by atoms with Gasteiger partial charge in [-0.1, -0.05) is 64.0 Å². The Morgan fingerprint density at radius 1 is 0.795 bits per heavy atom. The van der Waals surface area contributed by atoms with Gasteiger partial charge in [-0.15, -0.1) is 0 Å². The lowest BCUT2D eigenvalue weighted by Gasteiger charge is -2.29. The third-order valence-corrected chi connectivity index (χ3v) is 8.12. The highest BCUT2D eigenvalue weighted by atomic mass is 16.5. The molecule has 1 atom stereocenters. The number of carboxylic acids is 2. The van der Waals surface area contributed by atoms with E-state index in [1.165, 1.54) is 51.4 Å². The number of hydrogen-bond acceptors (Lipinski definition) is 5. The zero-order chi connectivity index (χ0) is 31.6. The van der Waals surface area contributed by atoms with Gasteiger partial charge in [-0.05, 0) is 68.1 Å². The summed E-state index contributed by atoms with van der Waals surface area (Å²) in [5.74, 6) is -1.18. The highest BCUT2D eigenvalue weighted by Gasteiger charge is 2.22. The molecule has 6 N–H and O–H groups in total. The number of rotatable bonds is 14. The molecule has 2 aromatic heterocycles. The Morgan fingerprint density at radius 2 is 1.30 bits per heavy atom. The molecule has 1 aliphatic rings. The smallest absolute Gasteiger partial charge is 0.336 e. The van der Waals surface area contributed by atoms with Crippen LogP contribution in [0, 0.1) is 5.92 Å². The van der Waals surface area contributed by atoms with Crippen LogP contribution in [0.3, 0.4) is 0 Å². The molecule has 0 radical (unpaired) electrons. The number of unbranched alkanes of at least 4 members (excludes halogenated alkanes) is 7. The molecule has 1 aliphatic heterocycles. The Balaban J connectivity index is 0.000000189. The minimum atomic E-state index is -0.889. The number of aromatic carboxylic acids is 2. The number of nitrogens with one attached hydrogen (secondary N) is 3. The van der Waals surface area contributed by atoms with E-state index >= 15 is 0 Å². The number of H-pyrrole nitrogens is 2. The summed E-state index contributed by atoms with van der Waals surface area (Å²) in [6, 6.07) is 14.1. The van der Waals surface area contributed by atoms with Crippen LogP contribution in [0.4, 0.5) is 0 Å². The predicted octanol–water partition coefficient (Wildman–Crippen LogP) is 7.24. The normalized spacial score (nSPS) is 14.0. The van der Waals surface area contributed by atoms with E-state index in [9.17, 15) is 14.7 Å². The van der Waals surface area contributed by atoms with Crippen molar-refractivity contribution in [3.8, 4) is 0 Å². The first-order valence-corrected chi connectivity index (χ1v) is 16.0. The molecular formula is C35H49N3O6. The third kappa shape index (κ3) is 11.1. The Labute approximate surface area is 260 Å². The zero-order valence-corrected chi connectivity index (χ0v) is 25.9. The van der Waals surface area contributed by atoms with Gasteiger partial charge in [0.1, 0.15) is 0 Å². The number of aromatic nitrogens is 2. The Hall–Kier alpha value is -3.66. The average Bonchev–Trinajstić information content (AvgIpc) is 3.73. The Kier molecular flexibility index (Phi) is 15.5. The highest BCUT2D eigenvalue weighted by molar-refractivity contribution is 6.03. The van der Waals surface area contributed by atoms with Gasteiger partial charge in [0, 0.05) is 53.5 Å². The number of aliphatic hydroxyl groups is 1. The first-order valence-electron chi connectivity index (χ1n) is 16.0. The van der Waals surface area contributed by atoms with E-state index in [1.807, 2.05) is 12.1 Å². The molecule has 5 rings (SSSR count). The van der Waals surface area contributed by atoms with Crippen LogP contribution in [0.15, 0.2) is 60.9 Å². The van der Waals surface area contributed by atoms with Crippen molar-refractivity contribution in [3.05, 3.63) is 72.1 Å². The molecule has 0 spiro atoms. The number of aliphatic hydroxyl groups excluding tert-OH is 1. The fourth-order valence-corrected chi connectivity index (χ4v) is 5.59. The maximum atomic E-state index is 10.7. The van der Waals surface area contributed by atoms with Gasteiger partial charge in [-0.25, -0.2) is 9.59 Å². The van der Waals surface area contributed by atoms with Crippen LogP contribution in [0.5, 0.6) is 0 Å². The van der Waals surface area contributed by atoms with Crippen LogP contribution >= 0.6 is 0 Å². The number of aromatic amines is 2. The molecule has 4 aromatic rings. The minimum absolute atomic E-state index is 0.266. The fraction of sp³-hybridized carbons (Fsp3) is 0.486. The number of carboxylic acid groups (broad SMARTS) is 2. The molecule has 0 saturated carbocycles. The molecule has 1 saturated heterocycles. The monoisotopic (exact) mass is 607 g/mol. The minimum Gasteiger partial charge on any atom is -0.478 e. The second kappa shape index (κ2) is 19.6. The summed E-state index contributed by atoms with van der Waals surface area (Å²) in [4.78, 5) is 27.3. The van der Waals surface area contributed by atoms with Crippen molar-refractivity contribution < 1.29 is 29.6 Å². The summed E-state index contributed by atoms with van der Waals surface area (Å²) >= 11 is 0. The maximum Gasteiger partial charge on any atom is 0.336 e. The summed E-state index contributed by atoms with van der Waals surface area (Å²) in [6.07, 6.45) is 16.5. The van der Waals surface area contributed by atoms with E-state index in [-0.39, 0.29) is 12.6 Å². The van der Waals surface area contributed by atoms with Crippen LogP contribution < -0.4 is 5.32 Å². The van der Waals surface area contributed by atoms with Gasteiger partial charge in [-0.2, -0.15) is 0 Å².